The van der Waals surface area contributed by atoms with E-state index in [4.69, 9.17) is 13.9 Å². The standard InChI is InChI=1S/C24H19BrN2O5/c1-30-20-8-6-15(11-21(20)31-2)14-27(23-5-3-4-10-26-23)24(29)22-13-18(28)17-12-16(25)7-9-19(17)32-22/h3-13H,14H2,1-2H3. The van der Waals surface area contributed by atoms with E-state index >= 15 is 0 Å². The highest BCUT2D eigenvalue weighted by Crippen LogP contribution is 2.29. The highest BCUT2D eigenvalue weighted by Gasteiger charge is 2.23. The Balaban J connectivity index is 1.76. The van der Waals surface area contributed by atoms with Crippen LogP contribution >= 0.6 is 15.9 Å². The second kappa shape index (κ2) is 9.23. The van der Waals surface area contributed by atoms with Crippen LogP contribution in [0.5, 0.6) is 11.5 Å². The first kappa shape index (κ1) is 21.6. The lowest BCUT2D eigenvalue weighted by atomic mass is 10.1. The fraction of sp³-hybridized carbons (Fsp3) is 0.125. The molecule has 7 nitrogen and oxygen atoms in total. The Morgan fingerprint density at radius 3 is 2.56 bits per heavy atom. The molecule has 162 valence electrons. The number of nitrogens with zero attached hydrogens (tertiary/aromatic N) is 2. The Morgan fingerprint density at radius 1 is 1.03 bits per heavy atom. The van der Waals surface area contributed by atoms with E-state index in [9.17, 15) is 9.59 Å². The molecule has 0 N–H and O–H groups in total. The molecule has 0 saturated carbocycles. The van der Waals surface area contributed by atoms with Gasteiger partial charge in [0.1, 0.15) is 11.4 Å². The van der Waals surface area contributed by atoms with Gasteiger partial charge in [-0.25, -0.2) is 4.98 Å². The number of rotatable bonds is 6. The van der Waals surface area contributed by atoms with Crippen LogP contribution in [0.1, 0.15) is 16.1 Å². The number of halogens is 1. The van der Waals surface area contributed by atoms with E-state index in [0.29, 0.717) is 28.3 Å². The van der Waals surface area contributed by atoms with E-state index in [1.807, 2.05) is 6.07 Å². The summed E-state index contributed by atoms with van der Waals surface area (Å²) in [5.41, 5.74) is 0.813. The van der Waals surface area contributed by atoms with Gasteiger partial charge in [-0.3, -0.25) is 14.5 Å². The van der Waals surface area contributed by atoms with Gasteiger partial charge >= 0.3 is 0 Å². The molecule has 32 heavy (non-hydrogen) atoms. The van der Waals surface area contributed by atoms with E-state index in [1.165, 1.54) is 11.0 Å². The van der Waals surface area contributed by atoms with Gasteiger partial charge in [0, 0.05) is 16.7 Å². The number of hydrogen-bond donors (Lipinski definition) is 0. The maximum Gasteiger partial charge on any atom is 0.295 e. The first-order chi connectivity index (χ1) is 15.5. The third kappa shape index (κ3) is 4.36. The Kier molecular flexibility index (Phi) is 6.23. The van der Waals surface area contributed by atoms with Gasteiger partial charge in [0.05, 0.1) is 26.2 Å². The van der Waals surface area contributed by atoms with Crippen LogP contribution in [-0.4, -0.2) is 25.1 Å². The van der Waals surface area contributed by atoms with Crippen molar-refractivity contribution in [3.8, 4) is 11.5 Å². The van der Waals surface area contributed by atoms with Crippen molar-refractivity contribution in [2.24, 2.45) is 0 Å². The van der Waals surface area contributed by atoms with Crippen LogP contribution in [0.4, 0.5) is 5.82 Å². The van der Waals surface area contributed by atoms with Gasteiger partial charge < -0.3 is 13.9 Å². The number of pyridine rings is 1. The SMILES string of the molecule is COc1ccc(CN(C(=O)c2cc(=O)c3cc(Br)ccc3o2)c2ccccn2)cc1OC. The average Bonchev–Trinajstić information content (AvgIpc) is 2.82. The molecule has 0 radical (unpaired) electrons. The summed E-state index contributed by atoms with van der Waals surface area (Å²) in [6, 6.07) is 16.9. The molecular formula is C24H19BrN2O5. The number of carbonyl (C=O) groups excluding carboxylic acids is 1. The van der Waals surface area contributed by atoms with Gasteiger partial charge in [0.25, 0.3) is 5.91 Å². The summed E-state index contributed by atoms with van der Waals surface area (Å²) in [6.45, 7) is 0.179. The molecule has 0 fully saturated rings. The summed E-state index contributed by atoms with van der Waals surface area (Å²) in [5.74, 6) is 0.988. The summed E-state index contributed by atoms with van der Waals surface area (Å²) in [5, 5.41) is 0.389. The second-order valence-electron chi connectivity index (χ2n) is 6.88. The Hall–Kier alpha value is -3.65. The molecule has 0 atom stereocenters. The summed E-state index contributed by atoms with van der Waals surface area (Å²) in [7, 11) is 3.10. The van der Waals surface area contributed by atoms with Gasteiger partial charge in [0.2, 0.25) is 0 Å². The smallest absolute Gasteiger partial charge is 0.295 e. The number of methoxy groups -OCH3 is 2. The maximum absolute atomic E-state index is 13.5. The fourth-order valence-corrected chi connectivity index (χ4v) is 3.66. The molecule has 2 heterocycles. The minimum atomic E-state index is -0.486. The van der Waals surface area contributed by atoms with E-state index < -0.39 is 5.91 Å². The highest BCUT2D eigenvalue weighted by molar-refractivity contribution is 9.10. The predicted molar refractivity (Wildman–Crippen MR) is 124 cm³/mol. The fourth-order valence-electron chi connectivity index (χ4n) is 3.30. The lowest BCUT2D eigenvalue weighted by Crippen LogP contribution is -2.31. The van der Waals surface area contributed by atoms with Crippen molar-refractivity contribution in [2.45, 2.75) is 6.54 Å². The van der Waals surface area contributed by atoms with Crippen LogP contribution in [0.2, 0.25) is 0 Å². The zero-order valence-corrected chi connectivity index (χ0v) is 19.0. The third-order valence-corrected chi connectivity index (χ3v) is 5.35. The van der Waals surface area contributed by atoms with Crippen molar-refractivity contribution >= 4 is 38.6 Å². The predicted octanol–water partition coefficient (Wildman–Crippen LogP) is 4.81. The van der Waals surface area contributed by atoms with E-state index in [1.54, 1.807) is 68.9 Å². The Labute approximate surface area is 192 Å². The van der Waals surface area contributed by atoms with Crippen molar-refractivity contribution in [2.75, 3.05) is 19.1 Å². The normalized spacial score (nSPS) is 10.7. The number of ether oxygens (including phenoxy) is 2. The van der Waals surface area contributed by atoms with Crippen LogP contribution in [0.25, 0.3) is 11.0 Å². The van der Waals surface area contributed by atoms with Gasteiger partial charge in [-0.15, -0.1) is 0 Å². The molecule has 2 aromatic heterocycles. The number of carbonyl (C=O) groups is 1. The third-order valence-electron chi connectivity index (χ3n) is 4.86. The number of aromatic nitrogens is 1. The number of fused-ring (bicyclic) bond motifs is 1. The molecule has 1 amide bonds. The number of anilines is 1. The summed E-state index contributed by atoms with van der Waals surface area (Å²) in [6.07, 6.45) is 1.60. The molecule has 0 unspecified atom stereocenters. The molecule has 4 rings (SSSR count). The molecular weight excluding hydrogens is 476 g/mol. The number of amides is 1. The first-order valence-electron chi connectivity index (χ1n) is 9.67. The maximum atomic E-state index is 13.5. The van der Waals surface area contributed by atoms with Crippen LogP contribution in [0, 0.1) is 0 Å². The molecule has 8 heteroatoms. The zero-order valence-electron chi connectivity index (χ0n) is 17.4. The van der Waals surface area contributed by atoms with Crippen LogP contribution in [0.15, 0.2) is 80.5 Å². The topological polar surface area (TPSA) is 81.9 Å². The molecule has 0 saturated heterocycles. The second-order valence-corrected chi connectivity index (χ2v) is 7.80. The molecule has 0 aliphatic heterocycles. The monoisotopic (exact) mass is 494 g/mol. The Morgan fingerprint density at radius 2 is 1.84 bits per heavy atom. The lowest BCUT2D eigenvalue weighted by molar-refractivity contribution is 0.0958. The van der Waals surface area contributed by atoms with Gasteiger partial charge in [-0.1, -0.05) is 28.1 Å². The average molecular weight is 495 g/mol. The molecule has 0 aliphatic carbocycles. The van der Waals surface area contributed by atoms with Crippen LogP contribution < -0.4 is 19.8 Å². The van der Waals surface area contributed by atoms with E-state index in [0.717, 1.165) is 10.0 Å². The quantitative estimate of drug-likeness (QED) is 0.382. The van der Waals surface area contributed by atoms with Crippen molar-refractivity contribution < 1.29 is 18.7 Å². The number of benzene rings is 2. The van der Waals surface area contributed by atoms with E-state index in [-0.39, 0.29) is 17.7 Å². The van der Waals surface area contributed by atoms with Crippen molar-refractivity contribution in [3.05, 3.63) is 92.9 Å². The molecule has 4 aromatic rings. The highest BCUT2D eigenvalue weighted by atomic mass is 79.9. The van der Waals surface area contributed by atoms with Gasteiger partial charge in [-0.05, 0) is 48.0 Å². The largest absolute Gasteiger partial charge is 0.493 e. The molecule has 0 spiro atoms. The minimum absolute atomic E-state index is 0.0732. The summed E-state index contributed by atoms with van der Waals surface area (Å²) in [4.78, 5) is 31.9. The Bertz CT molecular complexity index is 1340. The zero-order chi connectivity index (χ0) is 22.7. The lowest BCUT2D eigenvalue weighted by Gasteiger charge is -2.22. The van der Waals surface area contributed by atoms with Crippen molar-refractivity contribution in [3.63, 3.8) is 0 Å². The molecule has 2 aromatic carbocycles. The van der Waals surface area contributed by atoms with Crippen LogP contribution in [0.3, 0.4) is 0 Å². The number of hydrogen-bond acceptors (Lipinski definition) is 6. The van der Waals surface area contributed by atoms with Crippen molar-refractivity contribution in [1.29, 1.82) is 0 Å². The summed E-state index contributed by atoms with van der Waals surface area (Å²) < 4.78 is 17.2. The van der Waals surface area contributed by atoms with Gasteiger partial charge in [-0.2, -0.15) is 0 Å². The van der Waals surface area contributed by atoms with Crippen LogP contribution in [-0.2, 0) is 6.54 Å². The summed E-state index contributed by atoms with van der Waals surface area (Å²) >= 11 is 3.34. The molecule has 0 aliphatic rings. The van der Waals surface area contributed by atoms with Gasteiger partial charge in [0.15, 0.2) is 22.7 Å². The molecule has 0 bridgehead atoms. The minimum Gasteiger partial charge on any atom is -0.493 e. The van der Waals surface area contributed by atoms with Crippen molar-refractivity contribution in [1.82, 2.24) is 4.98 Å². The first-order valence-corrected chi connectivity index (χ1v) is 10.5. The van der Waals surface area contributed by atoms with E-state index in [2.05, 4.69) is 20.9 Å².